The minimum absolute atomic E-state index is 0. The van der Waals surface area contributed by atoms with E-state index >= 15 is 0 Å². The van der Waals surface area contributed by atoms with Crippen molar-refractivity contribution < 1.29 is 19.0 Å². The molecule has 0 radical (unpaired) electrons. The quantitative estimate of drug-likeness (QED) is 0.838. The lowest BCUT2D eigenvalue weighted by atomic mass is 9.91. The molecule has 3 rings (SSSR count). The van der Waals surface area contributed by atoms with E-state index in [4.69, 9.17) is 4.74 Å². The molecule has 2 aliphatic rings. The molecule has 0 spiro atoms. The van der Waals surface area contributed by atoms with Gasteiger partial charge in [-0.25, -0.2) is 4.39 Å². The van der Waals surface area contributed by atoms with Crippen LogP contribution < -0.4 is 5.32 Å². The normalized spacial score (nSPS) is 24.6. The van der Waals surface area contributed by atoms with Crippen LogP contribution in [0.15, 0.2) is 24.3 Å². The SMILES string of the molecule is Cl.O=C(C1CCNCC1)N1CCOC(CO)(Cc2ccccc2F)C1. The Morgan fingerprint density at radius 3 is 2.76 bits per heavy atom. The number of rotatable bonds is 4. The van der Waals surface area contributed by atoms with Crippen molar-refractivity contribution in [3.8, 4) is 0 Å². The van der Waals surface area contributed by atoms with Gasteiger partial charge in [0.05, 0.1) is 19.8 Å². The van der Waals surface area contributed by atoms with E-state index in [1.54, 1.807) is 23.1 Å². The Kier molecular flexibility index (Phi) is 7.19. The first-order valence-electron chi connectivity index (χ1n) is 8.61. The zero-order valence-electron chi connectivity index (χ0n) is 14.2. The summed E-state index contributed by atoms with van der Waals surface area (Å²) in [5.41, 5.74) is -0.425. The first-order chi connectivity index (χ1) is 11.6. The molecule has 25 heavy (non-hydrogen) atoms. The van der Waals surface area contributed by atoms with Crippen LogP contribution in [-0.4, -0.2) is 60.9 Å². The molecule has 2 saturated heterocycles. The standard InChI is InChI=1S/C18H25FN2O3.ClH/c19-16-4-2-1-3-15(16)11-18(13-22)12-21(9-10-24-18)17(23)14-5-7-20-8-6-14;/h1-4,14,20,22H,5-13H2;1H. The van der Waals surface area contributed by atoms with Gasteiger partial charge < -0.3 is 20.1 Å². The summed E-state index contributed by atoms with van der Waals surface area (Å²) in [4.78, 5) is 14.6. The van der Waals surface area contributed by atoms with Crippen molar-refractivity contribution in [2.75, 3.05) is 39.4 Å². The number of nitrogens with one attached hydrogen (secondary N) is 1. The number of carbonyl (C=O) groups excluding carboxylic acids is 1. The predicted molar refractivity (Wildman–Crippen MR) is 95.3 cm³/mol. The van der Waals surface area contributed by atoms with Crippen molar-refractivity contribution in [2.24, 2.45) is 5.92 Å². The number of hydrogen-bond donors (Lipinski definition) is 2. The lowest BCUT2D eigenvalue weighted by molar-refractivity contribution is -0.162. The van der Waals surface area contributed by atoms with Gasteiger partial charge in [-0.05, 0) is 37.6 Å². The van der Waals surface area contributed by atoms with E-state index in [9.17, 15) is 14.3 Å². The number of aliphatic hydroxyl groups is 1. The van der Waals surface area contributed by atoms with Gasteiger partial charge in [-0.1, -0.05) is 18.2 Å². The molecule has 0 bridgehead atoms. The Hall–Kier alpha value is -1.21. The Balaban J connectivity index is 0.00000225. The molecule has 1 aromatic carbocycles. The number of halogens is 2. The number of piperidine rings is 1. The average Bonchev–Trinajstić information content (AvgIpc) is 2.64. The summed E-state index contributed by atoms with van der Waals surface area (Å²) in [6.45, 7) is 2.69. The lowest BCUT2D eigenvalue weighted by Gasteiger charge is -2.43. The fourth-order valence-corrected chi connectivity index (χ4v) is 3.61. The van der Waals surface area contributed by atoms with E-state index in [1.165, 1.54) is 6.07 Å². The number of aliphatic hydroxyl groups excluding tert-OH is 1. The van der Waals surface area contributed by atoms with Crippen LogP contribution in [0.3, 0.4) is 0 Å². The highest BCUT2D eigenvalue weighted by molar-refractivity contribution is 5.85. The Bertz CT molecular complexity index is 583. The van der Waals surface area contributed by atoms with Crippen LogP contribution >= 0.6 is 12.4 Å². The van der Waals surface area contributed by atoms with Crippen LogP contribution in [0.5, 0.6) is 0 Å². The molecule has 7 heteroatoms. The Morgan fingerprint density at radius 2 is 2.08 bits per heavy atom. The first-order valence-corrected chi connectivity index (χ1v) is 8.61. The summed E-state index contributed by atoms with van der Waals surface area (Å²) in [5.74, 6) is -0.143. The topological polar surface area (TPSA) is 61.8 Å². The maximum atomic E-state index is 14.0. The molecule has 0 aliphatic carbocycles. The van der Waals surface area contributed by atoms with Crippen LogP contribution in [0.1, 0.15) is 18.4 Å². The van der Waals surface area contributed by atoms with Gasteiger partial charge in [-0.2, -0.15) is 0 Å². The van der Waals surface area contributed by atoms with Gasteiger partial charge in [0.25, 0.3) is 0 Å². The zero-order chi connectivity index (χ0) is 17.0. The molecule has 140 valence electrons. The summed E-state index contributed by atoms with van der Waals surface area (Å²) in [6.07, 6.45) is 1.94. The average molecular weight is 373 g/mol. The number of ether oxygens (including phenoxy) is 1. The van der Waals surface area contributed by atoms with Gasteiger partial charge in [0, 0.05) is 18.9 Å². The molecule has 2 aliphatic heterocycles. The lowest BCUT2D eigenvalue weighted by Crippen LogP contribution is -2.58. The van der Waals surface area contributed by atoms with Crippen molar-refractivity contribution in [3.05, 3.63) is 35.6 Å². The van der Waals surface area contributed by atoms with Gasteiger partial charge in [0.15, 0.2) is 0 Å². The van der Waals surface area contributed by atoms with E-state index in [2.05, 4.69) is 5.32 Å². The number of hydrogen-bond acceptors (Lipinski definition) is 4. The molecule has 0 saturated carbocycles. The van der Waals surface area contributed by atoms with Crippen LogP contribution in [0.2, 0.25) is 0 Å². The fraction of sp³-hybridized carbons (Fsp3) is 0.611. The van der Waals surface area contributed by atoms with Crippen LogP contribution in [-0.2, 0) is 16.0 Å². The molecule has 5 nitrogen and oxygen atoms in total. The Labute approximate surface area is 153 Å². The Morgan fingerprint density at radius 1 is 1.36 bits per heavy atom. The van der Waals surface area contributed by atoms with E-state index in [-0.39, 0.29) is 43.1 Å². The van der Waals surface area contributed by atoms with Gasteiger partial charge >= 0.3 is 0 Å². The zero-order valence-corrected chi connectivity index (χ0v) is 15.1. The predicted octanol–water partition coefficient (Wildman–Crippen LogP) is 1.38. The minimum atomic E-state index is -0.928. The second-order valence-corrected chi connectivity index (χ2v) is 6.74. The molecule has 2 fully saturated rings. The third-order valence-corrected chi connectivity index (χ3v) is 5.01. The monoisotopic (exact) mass is 372 g/mol. The molecule has 2 heterocycles. The molecular weight excluding hydrogens is 347 g/mol. The third-order valence-electron chi connectivity index (χ3n) is 5.01. The van der Waals surface area contributed by atoms with Gasteiger partial charge in [-0.3, -0.25) is 4.79 Å². The molecule has 1 aromatic rings. The largest absolute Gasteiger partial charge is 0.393 e. The minimum Gasteiger partial charge on any atom is -0.393 e. The molecule has 1 unspecified atom stereocenters. The highest BCUT2D eigenvalue weighted by atomic mass is 35.5. The number of morpholine rings is 1. The number of carbonyl (C=O) groups is 1. The number of benzene rings is 1. The summed E-state index contributed by atoms with van der Waals surface area (Å²) in [5, 5.41) is 13.2. The van der Waals surface area contributed by atoms with Crippen LogP contribution in [0.25, 0.3) is 0 Å². The van der Waals surface area contributed by atoms with Crippen molar-refractivity contribution in [3.63, 3.8) is 0 Å². The molecular formula is C18H26ClFN2O3. The van der Waals surface area contributed by atoms with Crippen LogP contribution in [0.4, 0.5) is 4.39 Å². The molecule has 1 amide bonds. The highest BCUT2D eigenvalue weighted by Gasteiger charge is 2.40. The van der Waals surface area contributed by atoms with E-state index in [1.807, 2.05) is 0 Å². The third kappa shape index (κ3) is 4.70. The van der Waals surface area contributed by atoms with Crippen LogP contribution in [0, 0.1) is 11.7 Å². The smallest absolute Gasteiger partial charge is 0.225 e. The second kappa shape index (κ2) is 8.94. The van der Waals surface area contributed by atoms with Gasteiger partial charge in [-0.15, -0.1) is 12.4 Å². The fourth-order valence-electron chi connectivity index (χ4n) is 3.61. The number of amides is 1. The maximum Gasteiger partial charge on any atom is 0.225 e. The summed E-state index contributed by atoms with van der Waals surface area (Å²) >= 11 is 0. The summed E-state index contributed by atoms with van der Waals surface area (Å²) in [7, 11) is 0. The molecule has 0 aromatic heterocycles. The summed E-state index contributed by atoms with van der Waals surface area (Å²) in [6, 6.07) is 6.51. The van der Waals surface area contributed by atoms with E-state index < -0.39 is 5.60 Å². The van der Waals surface area contributed by atoms with Crippen molar-refractivity contribution in [1.29, 1.82) is 0 Å². The van der Waals surface area contributed by atoms with Crippen molar-refractivity contribution in [1.82, 2.24) is 10.2 Å². The summed E-state index contributed by atoms with van der Waals surface area (Å²) < 4.78 is 19.8. The van der Waals surface area contributed by atoms with Gasteiger partial charge in [0.1, 0.15) is 11.4 Å². The van der Waals surface area contributed by atoms with Crippen molar-refractivity contribution in [2.45, 2.75) is 24.9 Å². The molecule has 1 atom stereocenters. The second-order valence-electron chi connectivity index (χ2n) is 6.74. The van der Waals surface area contributed by atoms with Gasteiger partial charge in [0.2, 0.25) is 5.91 Å². The van der Waals surface area contributed by atoms with E-state index in [0.29, 0.717) is 25.3 Å². The van der Waals surface area contributed by atoms with E-state index in [0.717, 1.165) is 25.9 Å². The first kappa shape index (κ1) is 20.1. The highest BCUT2D eigenvalue weighted by Crippen LogP contribution is 2.26. The maximum absolute atomic E-state index is 14.0. The molecule has 2 N–H and O–H groups in total. The van der Waals surface area contributed by atoms with Crippen molar-refractivity contribution >= 4 is 18.3 Å². The number of nitrogens with zero attached hydrogens (tertiary/aromatic N) is 1.